The minimum atomic E-state index is -3.93. The number of nitrogens with zero attached hydrogens (tertiary/aromatic N) is 3. The Bertz CT molecular complexity index is 2620. The lowest BCUT2D eigenvalue weighted by atomic mass is 9.85. The number of carbonyl (C=O) groups excluding carboxylic acids is 3. The average Bonchev–Trinajstić information content (AvgIpc) is 4.12. The molecular weight excluding hydrogens is 804 g/mol. The van der Waals surface area contributed by atoms with Gasteiger partial charge in [-0.3, -0.25) is 19.1 Å². The van der Waals surface area contributed by atoms with E-state index in [1.54, 1.807) is 0 Å². The Morgan fingerprint density at radius 1 is 1.02 bits per heavy atom. The summed E-state index contributed by atoms with van der Waals surface area (Å²) >= 11 is 0. The minimum absolute atomic E-state index is 0.0178. The number of ether oxygens (including phenoxy) is 2. The van der Waals surface area contributed by atoms with Crippen molar-refractivity contribution in [1.29, 1.82) is 0 Å². The highest BCUT2D eigenvalue weighted by Crippen LogP contribution is 2.46. The van der Waals surface area contributed by atoms with Crippen LogP contribution in [0.5, 0.6) is 11.6 Å². The summed E-state index contributed by atoms with van der Waals surface area (Å²) in [5.41, 5.74) is 0.221. The summed E-state index contributed by atoms with van der Waals surface area (Å²) < 4.78 is 60.5. The van der Waals surface area contributed by atoms with Crippen LogP contribution < -0.4 is 24.8 Å². The fourth-order valence-corrected chi connectivity index (χ4v) is 9.17. The van der Waals surface area contributed by atoms with Gasteiger partial charge < -0.3 is 29.4 Å². The Hall–Kier alpha value is -6.03. The number of hydrogen-bond acceptors (Lipinski definition) is 11. The van der Waals surface area contributed by atoms with Gasteiger partial charge in [0.15, 0.2) is 5.82 Å². The lowest BCUT2D eigenvalue weighted by Gasteiger charge is -2.36. The van der Waals surface area contributed by atoms with E-state index in [0.717, 1.165) is 5.39 Å². The number of likely N-dealkylation sites (tertiary alicyclic amines) is 1. The molecule has 8 rings (SSSR count). The van der Waals surface area contributed by atoms with Crippen molar-refractivity contribution in [3.05, 3.63) is 91.3 Å². The Labute approximate surface area is 353 Å². The lowest BCUT2D eigenvalue weighted by molar-refractivity contribution is -0.141. The molecule has 5 atom stereocenters. The lowest BCUT2D eigenvalue weighted by Crippen LogP contribution is -2.58. The molecule has 14 nitrogen and oxygen atoms in total. The quantitative estimate of drug-likeness (QED) is 0.104. The third-order valence-electron chi connectivity index (χ3n) is 11.3. The SMILES string of the molecule is C=C[C@@H]1C[C@]1(NC(=O)[C@@H]1C[C@@H](Oc2nc(-c3ccc(OC(C)C)cc3)nc3c2oc2ccccc23)CN1C(=O)[C@@H](Nc1ccc(F)cc1)C(C)(C)C)C(=O)NS(=O)(=O)C1CC1. The van der Waals surface area contributed by atoms with Crippen LogP contribution in [0.25, 0.3) is 33.5 Å². The largest absolute Gasteiger partial charge is 0.491 e. The highest BCUT2D eigenvalue weighted by molar-refractivity contribution is 7.91. The number of anilines is 1. The van der Waals surface area contributed by atoms with Gasteiger partial charge in [-0.25, -0.2) is 17.8 Å². The van der Waals surface area contributed by atoms with Crippen molar-refractivity contribution in [1.82, 2.24) is 24.9 Å². The molecule has 16 heteroatoms. The van der Waals surface area contributed by atoms with Crippen LogP contribution in [0, 0.1) is 17.2 Å². The van der Waals surface area contributed by atoms with E-state index >= 15 is 0 Å². The highest BCUT2D eigenvalue weighted by atomic mass is 32.2. The molecule has 61 heavy (non-hydrogen) atoms. The first-order valence-corrected chi connectivity index (χ1v) is 22.0. The normalized spacial score (nSPS) is 21.9. The van der Waals surface area contributed by atoms with Crippen LogP contribution in [-0.4, -0.2) is 82.6 Å². The molecule has 3 N–H and O–H groups in total. The van der Waals surface area contributed by atoms with E-state index in [9.17, 15) is 27.2 Å². The Morgan fingerprint density at radius 2 is 1.72 bits per heavy atom. The molecule has 3 fully saturated rings. The summed E-state index contributed by atoms with van der Waals surface area (Å²) in [6.07, 6.45) is 1.67. The zero-order valence-corrected chi connectivity index (χ0v) is 35.4. The maximum absolute atomic E-state index is 14.9. The topological polar surface area (TPSA) is 182 Å². The summed E-state index contributed by atoms with van der Waals surface area (Å²) in [5, 5.41) is 6.16. The summed E-state index contributed by atoms with van der Waals surface area (Å²) in [4.78, 5) is 54.2. The first-order chi connectivity index (χ1) is 29.0. The van der Waals surface area contributed by atoms with E-state index in [2.05, 4.69) is 21.9 Å². The predicted molar refractivity (Wildman–Crippen MR) is 228 cm³/mol. The number of carbonyl (C=O) groups is 3. The second-order valence-electron chi connectivity index (χ2n) is 17.4. The Kier molecular flexibility index (Phi) is 10.8. The smallest absolute Gasteiger partial charge is 0.262 e. The number of sulfonamides is 1. The third-order valence-corrected chi connectivity index (χ3v) is 13.1. The summed E-state index contributed by atoms with van der Waals surface area (Å²) in [6, 6.07) is 18.3. The van der Waals surface area contributed by atoms with E-state index in [4.69, 9.17) is 23.9 Å². The van der Waals surface area contributed by atoms with Crippen LogP contribution >= 0.6 is 0 Å². The van der Waals surface area contributed by atoms with Crippen LogP contribution in [0.4, 0.5) is 10.1 Å². The molecule has 3 heterocycles. The van der Waals surface area contributed by atoms with Crippen LogP contribution in [0.15, 0.2) is 89.9 Å². The molecule has 0 unspecified atom stereocenters. The maximum atomic E-state index is 14.9. The third kappa shape index (κ3) is 8.50. The molecule has 320 valence electrons. The molecular formula is C45H49FN6O8S. The maximum Gasteiger partial charge on any atom is 0.262 e. The average molecular weight is 853 g/mol. The van der Waals surface area contributed by atoms with Crippen molar-refractivity contribution in [2.75, 3.05) is 11.9 Å². The minimum Gasteiger partial charge on any atom is -0.491 e. The summed E-state index contributed by atoms with van der Waals surface area (Å²) in [6.45, 7) is 13.2. The Morgan fingerprint density at radius 3 is 2.36 bits per heavy atom. The highest BCUT2D eigenvalue weighted by Gasteiger charge is 2.62. The number of halogens is 1. The van der Waals surface area contributed by atoms with Crippen LogP contribution in [0.1, 0.15) is 60.3 Å². The number of fused-ring (bicyclic) bond motifs is 3. The monoisotopic (exact) mass is 852 g/mol. The van der Waals surface area contributed by atoms with E-state index in [-0.39, 0.29) is 37.0 Å². The van der Waals surface area contributed by atoms with E-state index < -0.39 is 73.9 Å². The number of para-hydroxylation sites is 1. The molecule has 1 saturated heterocycles. The van der Waals surface area contributed by atoms with E-state index in [1.807, 2.05) is 83.1 Å². The van der Waals surface area contributed by atoms with Gasteiger partial charge in [-0.15, -0.1) is 6.58 Å². The van der Waals surface area contributed by atoms with Gasteiger partial charge >= 0.3 is 0 Å². The number of benzene rings is 3. The second-order valence-corrected chi connectivity index (χ2v) is 19.4. The molecule has 0 spiro atoms. The number of amides is 3. The predicted octanol–water partition coefficient (Wildman–Crippen LogP) is 6.51. The van der Waals surface area contributed by atoms with Crippen molar-refractivity contribution in [2.24, 2.45) is 11.3 Å². The van der Waals surface area contributed by atoms with E-state index in [1.165, 1.54) is 35.2 Å². The van der Waals surface area contributed by atoms with E-state index in [0.29, 0.717) is 46.8 Å². The van der Waals surface area contributed by atoms with Crippen molar-refractivity contribution in [2.45, 2.75) is 95.4 Å². The molecule has 3 aliphatic rings. The van der Waals surface area contributed by atoms with Crippen molar-refractivity contribution in [3.63, 3.8) is 0 Å². The molecule has 3 amide bonds. The summed E-state index contributed by atoms with van der Waals surface area (Å²) in [7, 11) is -3.93. The number of furan rings is 1. The van der Waals surface area contributed by atoms with Crippen molar-refractivity contribution < 1.29 is 41.1 Å². The fraction of sp³-hybridized carbons (Fsp3) is 0.400. The first kappa shape index (κ1) is 41.7. The molecule has 5 aromatic rings. The van der Waals surface area contributed by atoms with Gasteiger partial charge in [0.1, 0.15) is 46.4 Å². The van der Waals surface area contributed by atoms with Gasteiger partial charge in [-0.2, -0.15) is 4.98 Å². The van der Waals surface area contributed by atoms with Crippen LogP contribution in [0.3, 0.4) is 0 Å². The molecule has 0 radical (unpaired) electrons. The number of hydrogen-bond donors (Lipinski definition) is 3. The fourth-order valence-electron chi connectivity index (χ4n) is 7.81. The van der Waals surface area contributed by atoms with Gasteiger partial charge in [0, 0.05) is 29.0 Å². The van der Waals surface area contributed by atoms with Crippen molar-refractivity contribution >= 4 is 55.5 Å². The zero-order valence-electron chi connectivity index (χ0n) is 34.6. The van der Waals surface area contributed by atoms with Gasteiger partial charge in [0.05, 0.1) is 17.9 Å². The molecule has 2 aromatic heterocycles. The molecule has 1 aliphatic heterocycles. The Balaban J connectivity index is 1.14. The number of nitrogens with one attached hydrogen (secondary N) is 3. The van der Waals surface area contributed by atoms with Crippen LogP contribution in [0.2, 0.25) is 0 Å². The van der Waals surface area contributed by atoms with Gasteiger partial charge in [0.25, 0.3) is 11.8 Å². The van der Waals surface area contributed by atoms with Crippen LogP contribution in [-0.2, 0) is 24.4 Å². The molecule has 3 aromatic carbocycles. The van der Waals surface area contributed by atoms with Gasteiger partial charge in [-0.05, 0) is 99.2 Å². The first-order valence-electron chi connectivity index (χ1n) is 20.4. The summed E-state index contributed by atoms with van der Waals surface area (Å²) in [5.74, 6) is -1.82. The van der Waals surface area contributed by atoms with Gasteiger partial charge in [0.2, 0.25) is 27.4 Å². The molecule has 2 aliphatic carbocycles. The standard InChI is InChI=1S/C45H49FN6O8S/c1-7-27-23-45(27,43(55)51-61(56,57)32-20-21-32)50-40(53)34-22-31(24-52(34)42(54)38(44(4,5)6)47-29-16-14-28(46)15-17-29)59-41-37-36(33-10-8-9-11-35(33)60-37)48-39(49-41)26-12-18-30(19-13-26)58-25(2)3/h7-19,25,27,31-32,34,38,47H,1,20-24H2,2-6H3,(H,50,53)(H,51,55)/t27-,31-,34+,38-,45-/m1/s1. The van der Waals surface area contributed by atoms with Gasteiger partial charge in [-0.1, -0.05) is 39.0 Å². The molecule has 2 saturated carbocycles. The molecule has 0 bridgehead atoms. The zero-order chi connectivity index (χ0) is 43.4. The van der Waals surface area contributed by atoms with Crippen molar-refractivity contribution in [3.8, 4) is 23.0 Å². The number of aromatic nitrogens is 2. The number of rotatable bonds is 14. The second kappa shape index (κ2) is 15.8.